The summed E-state index contributed by atoms with van der Waals surface area (Å²) >= 11 is 0. The maximum atomic E-state index is 13.3. The van der Waals surface area contributed by atoms with E-state index in [2.05, 4.69) is 26.0 Å². The summed E-state index contributed by atoms with van der Waals surface area (Å²) in [7, 11) is -3.46. The highest BCUT2D eigenvalue weighted by molar-refractivity contribution is 7.89. The van der Waals surface area contributed by atoms with E-state index in [0.29, 0.717) is 35.1 Å². The number of nitrogens with zero attached hydrogens (tertiary/aromatic N) is 1. The van der Waals surface area contributed by atoms with Crippen LogP contribution in [0.25, 0.3) is 0 Å². The van der Waals surface area contributed by atoms with Crippen LogP contribution in [0.1, 0.15) is 39.2 Å². The van der Waals surface area contributed by atoms with Crippen molar-refractivity contribution in [2.24, 2.45) is 23.7 Å². The second kappa shape index (κ2) is 6.64. The summed E-state index contributed by atoms with van der Waals surface area (Å²) in [6.45, 7) is 8.86. The summed E-state index contributed by atoms with van der Waals surface area (Å²) in [5, 5.41) is 0. The summed E-state index contributed by atoms with van der Waals surface area (Å²) in [6.07, 6.45) is 6.95. The van der Waals surface area contributed by atoms with Crippen LogP contribution in [0.2, 0.25) is 0 Å². The molecule has 3 rings (SSSR count). The normalized spacial score (nSPS) is 27.3. The first-order chi connectivity index (χ1) is 11.3. The number of allylic oxidation sites excluding steroid dienone is 2. The first-order valence-electron chi connectivity index (χ1n) is 9.06. The molecule has 1 saturated carbocycles. The molecule has 0 N–H and O–H groups in total. The molecule has 4 heteroatoms. The lowest BCUT2D eigenvalue weighted by molar-refractivity contribution is 0.229. The van der Waals surface area contributed by atoms with Gasteiger partial charge in [0.15, 0.2) is 0 Å². The van der Waals surface area contributed by atoms with Crippen LogP contribution in [0, 0.1) is 30.6 Å². The van der Waals surface area contributed by atoms with E-state index in [-0.39, 0.29) is 6.04 Å². The molecule has 4 atom stereocenters. The molecule has 0 amide bonds. The molecule has 1 fully saturated rings. The van der Waals surface area contributed by atoms with Gasteiger partial charge in [0.25, 0.3) is 0 Å². The minimum Gasteiger partial charge on any atom is -0.207 e. The summed E-state index contributed by atoms with van der Waals surface area (Å²) in [5.41, 5.74) is 1.08. The Labute approximate surface area is 146 Å². The van der Waals surface area contributed by atoms with E-state index in [4.69, 9.17) is 0 Å². The zero-order valence-corrected chi connectivity index (χ0v) is 16.0. The molecule has 0 aliphatic heterocycles. The molecule has 0 heterocycles. The second-order valence-corrected chi connectivity index (χ2v) is 9.80. The largest absolute Gasteiger partial charge is 0.243 e. The van der Waals surface area contributed by atoms with Crippen molar-refractivity contribution in [2.45, 2.75) is 51.5 Å². The van der Waals surface area contributed by atoms with Crippen LogP contribution in [0.15, 0.2) is 41.3 Å². The first kappa shape index (κ1) is 17.7. The van der Waals surface area contributed by atoms with Gasteiger partial charge in [0, 0.05) is 12.6 Å². The Morgan fingerprint density at radius 3 is 2.25 bits per heavy atom. The fourth-order valence-electron chi connectivity index (χ4n) is 4.00. The van der Waals surface area contributed by atoms with Crippen molar-refractivity contribution in [3.8, 4) is 0 Å². The molecule has 4 unspecified atom stereocenters. The Balaban J connectivity index is 1.89. The fraction of sp³-hybridized carbons (Fsp3) is 0.600. The number of hydrogen-bond acceptors (Lipinski definition) is 2. The lowest BCUT2D eigenvalue weighted by atomic mass is 9.93. The molecular weight excluding hydrogens is 318 g/mol. The molecule has 0 saturated heterocycles. The third-order valence-electron chi connectivity index (χ3n) is 5.88. The van der Waals surface area contributed by atoms with Crippen molar-refractivity contribution in [3.05, 3.63) is 42.0 Å². The summed E-state index contributed by atoms with van der Waals surface area (Å²) in [6, 6.07) is 7.24. The number of fused-ring (bicyclic) bond motifs is 2. The van der Waals surface area contributed by atoms with Crippen LogP contribution in [0.4, 0.5) is 0 Å². The molecule has 3 nitrogen and oxygen atoms in total. The van der Waals surface area contributed by atoms with Gasteiger partial charge in [-0.25, -0.2) is 8.42 Å². The number of benzene rings is 1. The quantitative estimate of drug-likeness (QED) is 0.722. The first-order valence-corrected chi connectivity index (χ1v) is 10.5. The molecule has 1 aromatic rings. The highest BCUT2D eigenvalue weighted by Crippen LogP contribution is 2.44. The van der Waals surface area contributed by atoms with Gasteiger partial charge < -0.3 is 0 Å². The van der Waals surface area contributed by atoms with Crippen LogP contribution in [0.3, 0.4) is 0 Å². The smallest absolute Gasteiger partial charge is 0.207 e. The van der Waals surface area contributed by atoms with Gasteiger partial charge in [0.05, 0.1) is 4.90 Å². The van der Waals surface area contributed by atoms with E-state index < -0.39 is 10.0 Å². The van der Waals surface area contributed by atoms with Gasteiger partial charge >= 0.3 is 0 Å². The van der Waals surface area contributed by atoms with Crippen molar-refractivity contribution in [2.75, 3.05) is 6.54 Å². The monoisotopic (exact) mass is 347 g/mol. The van der Waals surface area contributed by atoms with E-state index in [1.807, 2.05) is 26.0 Å². The Kier molecular flexibility index (Phi) is 4.89. The van der Waals surface area contributed by atoms with Crippen LogP contribution in [-0.2, 0) is 10.0 Å². The van der Waals surface area contributed by atoms with Crippen molar-refractivity contribution >= 4 is 10.0 Å². The van der Waals surface area contributed by atoms with Crippen molar-refractivity contribution in [1.82, 2.24) is 4.31 Å². The minimum atomic E-state index is -3.46. The van der Waals surface area contributed by atoms with Crippen LogP contribution in [0.5, 0.6) is 0 Å². The van der Waals surface area contributed by atoms with Crippen LogP contribution < -0.4 is 0 Å². The molecule has 0 radical (unpaired) electrons. The van der Waals surface area contributed by atoms with Gasteiger partial charge in [0.2, 0.25) is 10.0 Å². The Hall–Kier alpha value is -1.13. The molecular formula is C20H29NO2S. The predicted molar refractivity (Wildman–Crippen MR) is 98.2 cm³/mol. The van der Waals surface area contributed by atoms with Crippen molar-refractivity contribution < 1.29 is 8.42 Å². The maximum absolute atomic E-state index is 13.3. The zero-order chi connectivity index (χ0) is 17.5. The van der Waals surface area contributed by atoms with Crippen molar-refractivity contribution in [1.29, 1.82) is 0 Å². The van der Waals surface area contributed by atoms with E-state index in [9.17, 15) is 8.42 Å². The lowest BCUT2D eigenvalue weighted by Crippen LogP contribution is -2.44. The van der Waals surface area contributed by atoms with E-state index in [1.54, 1.807) is 16.4 Å². The fourth-order valence-corrected chi connectivity index (χ4v) is 5.82. The minimum absolute atomic E-state index is 0.000547. The molecule has 0 spiro atoms. The van der Waals surface area contributed by atoms with Gasteiger partial charge in [-0.1, -0.05) is 43.7 Å². The number of hydrogen-bond donors (Lipinski definition) is 0. The molecule has 2 bridgehead atoms. The summed E-state index contributed by atoms with van der Waals surface area (Å²) < 4.78 is 28.3. The van der Waals surface area contributed by atoms with E-state index >= 15 is 0 Å². The summed E-state index contributed by atoms with van der Waals surface area (Å²) in [5.74, 6) is 1.98. The molecule has 132 valence electrons. The topological polar surface area (TPSA) is 37.4 Å². The molecule has 24 heavy (non-hydrogen) atoms. The Bertz CT molecular complexity index is 706. The highest BCUT2D eigenvalue weighted by Gasteiger charge is 2.40. The average molecular weight is 348 g/mol. The third-order valence-corrected chi connectivity index (χ3v) is 7.84. The number of aryl methyl sites for hydroxylation is 1. The predicted octanol–water partition coefficient (Wildman–Crippen LogP) is 4.24. The second-order valence-electron chi connectivity index (χ2n) is 7.91. The Morgan fingerprint density at radius 2 is 1.75 bits per heavy atom. The summed E-state index contributed by atoms with van der Waals surface area (Å²) in [4.78, 5) is 0.416. The van der Waals surface area contributed by atoms with Crippen molar-refractivity contribution in [3.63, 3.8) is 0 Å². The van der Waals surface area contributed by atoms with Gasteiger partial charge in [-0.15, -0.1) is 0 Å². The zero-order valence-electron chi connectivity index (χ0n) is 15.1. The lowest BCUT2D eigenvalue weighted by Gasteiger charge is -2.34. The van der Waals surface area contributed by atoms with Crippen LogP contribution >= 0.6 is 0 Å². The van der Waals surface area contributed by atoms with Gasteiger partial charge in [-0.3, -0.25) is 0 Å². The maximum Gasteiger partial charge on any atom is 0.243 e. The van der Waals surface area contributed by atoms with Gasteiger partial charge in [-0.05, 0) is 62.5 Å². The molecule has 0 aromatic heterocycles. The van der Waals surface area contributed by atoms with E-state index in [1.165, 1.54) is 6.42 Å². The SMILES string of the molecule is Cc1ccc(S(=O)(=O)N(CC2CC3C=CC2C3)C(C)C(C)C)cc1. The molecule has 1 aromatic carbocycles. The average Bonchev–Trinajstić information content (AvgIpc) is 3.14. The Morgan fingerprint density at radius 1 is 1.08 bits per heavy atom. The van der Waals surface area contributed by atoms with E-state index in [0.717, 1.165) is 12.0 Å². The third kappa shape index (κ3) is 3.31. The molecule has 2 aliphatic carbocycles. The van der Waals surface area contributed by atoms with Gasteiger partial charge in [-0.2, -0.15) is 4.31 Å². The standard InChI is InChI=1S/C20H29NO2S/c1-14(2)16(4)21(13-19-12-17-7-8-18(19)11-17)24(22,23)20-9-5-15(3)6-10-20/h5-10,14,16-19H,11-13H2,1-4H3. The van der Waals surface area contributed by atoms with Crippen LogP contribution in [-0.4, -0.2) is 25.3 Å². The molecule has 2 aliphatic rings. The number of rotatable bonds is 6. The number of sulfonamides is 1. The van der Waals surface area contributed by atoms with Gasteiger partial charge in [0.1, 0.15) is 0 Å². The highest BCUT2D eigenvalue weighted by atomic mass is 32.2.